The summed E-state index contributed by atoms with van der Waals surface area (Å²) < 4.78 is 0. The summed E-state index contributed by atoms with van der Waals surface area (Å²) in [6.45, 7) is 0.904. The molecule has 0 spiro atoms. The highest BCUT2D eigenvalue weighted by Crippen LogP contribution is 2.28. The zero-order valence-electron chi connectivity index (χ0n) is 14.2. The summed E-state index contributed by atoms with van der Waals surface area (Å²) in [5, 5.41) is 5.70. The monoisotopic (exact) mass is 354 g/mol. The van der Waals surface area contributed by atoms with Crippen LogP contribution in [0.25, 0.3) is 11.1 Å². The predicted octanol–water partition coefficient (Wildman–Crippen LogP) is 3.33. The SMILES string of the molecule is CSc1ccc(-c2cccc(C(=O)NCCNC(=O)C3CC3)c2)cc1. The van der Waals surface area contributed by atoms with Crippen LogP contribution in [0.2, 0.25) is 0 Å². The van der Waals surface area contributed by atoms with E-state index in [2.05, 4.69) is 34.9 Å². The summed E-state index contributed by atoms with van der Waals surface area (Å²) in [7, 11) is 0. The van der Waals surface area contributed by atoms with Crippen molar-refractivity contribution in [2.75, 3.05) is 19.3 Å². The third-order valence-corrected chi connectivity index (χ3v) is 4.95. The number of amides is 2. The molecule has 5 heteroatoms. The molecule has 0 aromatic heterocycles. The summed E-state index contributed by atoms with van der Waals surface area (Å²) in [6, 6.07) is 15.9. The summed E-state index contributed by atoms with van der Waals surface area (Å²) in [6.07, 6.45) is 4.03. The summed E-state index contributed by atoms with van der Waals surface area (Å²) >= 11 is 1.71. The van der Waals surface area contributed by atoms with Gasteiger partial charge in [-0.1, -0.05) is 24.3 Å². The Kier molecular flexibility index (Phi) is 5.76. The van der Waals surface area contributed by atoms with Gasteiger partial charge >= 0.3 is 0 Å². The standard InChI is InChI=1S/C20H22N2O2S/c1-25-18-9-7-14(8-10-18)16-3-2-4-17(13-16)20(24)22-12-11-21-19(23)15-5-6-15/h2-4,7-10,13,15H,5-6,11-12H2,1H3,(H,21,23)(H,22,24). The van der Waals surface area contributed by atoms with Crippen LogP contribution in [-0.2, 0) is 4.79 Å². The van der Waals surface area contributed by atoms with E-state index in [-0.39, 0.29) is 17.7 Å². The van der Waals surface area contributed by atoms with Crippen molar-refractivity contribution in [1.82, 2.24) is 10.6 Å². The molecule has 0 aliphatic heterocycles. The van der Waals surface area contributed by atoms with Crippen LogP contribution in [0.3, 0.4) is 0 Å². The Morgan fingerprint density at radius 3 is 2.40 bits per heavy atom. The van der Waals surface area contributed by atoms with E-state index in [1.165, 1.54) is 4.90 Å². The molecule has 0 unspecified atom stereocenters. The number of benzene rings is 2. The minimum Gasteiger partial charge on any atom is -0.354 e. The molecule has 0 atom stereocenters. The first-order chi connectivity index (χ1) is 12.2. The quantitative estimate of drug-likeness (QED) is 0.592. The first-order valence-electron chi connectivity index (χ1n) is 8.48. The topological polar surface area (TPSA) is 58.2 Å². The molecule has 2 amide bonds. The molecule has 2 N–H and O–H groups in total. The van der Waals surface area contributed by atoms with Crippen molar-refractivity contribution in [3.05, 3.63) is 54.1 Å². The highest BCUT2D eigenvalue weighted by molar-refractivity contribution is 7.98. The van der Waals surface area contributed by atoms with E-state index in [9.17, 15) is 9.59 Å². The van der Waals surface area contributed by atoms with E-state index >= 15 is 0 Å². The molecule has 0 bridgehead atoms. The third-order valence-electron chi connectivity index (χ3n) is 4.21. The summed E-state index contributed by atoms with van der Waals surface area (Å²) in [5.41, 5.74) is 2.73. The van der Waals surface area contributed by atoms with Crippen molar-refractivity contribution in [3.63, 3.8) is 0 Å². The molecule has 1 fully saturated rings. The Hall–Kier alpha value is -2.27. The molecule has 130 valence electrons. The van der Waals surface area contributed by atoms with Gasteiger partial charge in [-0.15, -0.1) is 11.8 Å². The maximum Gasteiger partial charge on any atom is 0.251 e. The van der Waals surface area contributed by atoms with Crippen molar-refractivity contribution in [3.8, 4) is 11.1 Å². The molecule has 0 radical (unpaired) electrons. The number of rotatable bonds is 7. The van der Waals surface area contributed by atoms with Crippen LogP contribution in [0.4, 0.5) is 0 Å². The van der Waals surface area contributed by atoms with Gasteiger partial charge in [0.2, 0.25) is 5.91 Å². The molecule has 4 nitrogen and oxygen atoms in total. The Bertz CT molecular complexity index is 755. The molecule has 1 saturated carbocycles. The van der Waals surface area contributed by atoms with E-state index in [4.69, 9.17) is 0 Å². The van der Waals surface area contributed by atoms with Crippen LogP contribution >= 0.6 is 11.8 Å². The lowest BCUT2D eigenvalue weighted by Crippen LogP contribution is -2.35. The molecular formula is C20H22N2O2S. The summed E-state index contributed by atoms with van der Waals surface area (Å²) in [4.78, 5) is 25.0. The van der Waals surface area contributed by atoms with E-state index < -0.39 is 0 Å². The number of carbonyl (C=O) groups excluding carboxylic acids is 2. The van der Waals surface area contributed by atoms with E-state index in [1.54, 1.807) is 17.8 Å². The van der Waals surface area contributed by atoms with Gasteiger partial charge in [0, 0.05) is 29.5 Å². The molecule has 3 rings (SSSR count). The van der Waals surface area contributed by atoms with E-state index in [0.717, 1.165) is 24.0 Å². The van der Waals surface area contributed by atoms with Gasteiger partial charge in [0.25, 0.3) is 5.91 Å². The predicted molar refractivity (Wildman–Crippen MR) is 102 cm³/mol. The lowest BCUT2D eigenvalue weighted by molar-refractivity contribution is -0.122. The van der Waals surface area contributed by atoms with Gasteiger partial charge in [0.05, 0.1) is 0 Å². The third kappa shape index (κ3) is 4.86. The van der Waals surface area contributed by atoms with Gasteiger partial charge in [-0.05, 0) is 54.5 Å². The van der Waals surface area contributed by atoms with Gasteiger partial charge in [-0.25, -0.2) is 0 Å². The van der Waals surface area contributed by atoms with Gasteiger partial charge < -0.3 is 10.6 Å². The minimum atomic E-state index is -0.122. The first kappa shape index (κ1) is 17.5. The molecule has 1 aliphatic rings. The second-order valence-corrected chi connectivity index (χ2v) is 7.01. The van der Waals surface area contributed by atoms with Crippen LogP contribution < -0.4 is 10.6 Å². The maximum atomic E-state index is 12.3. The lowest BCUT2D eigenvalue weighted by atomic mass is 10.0. The molecule has 0 saturated heterocycles. The fraction of sp³-hybridized carbons (Fsp3) is 0.300. The van der Waals surface area contributed by atoms with Crippen molar-refractivity contribution < 1.29 is 9.59 Å². The van der Waals surface area contributed by atoms with Crippen molar-refractivity contribution >= 4 is 23.6 Å². The van der Waals surface area contributed by atoms with E-state index in [0.29, 0.717) is 18.7 Å². The van der Waals surface area contributed by atoms with Crippen molar-refractivity contribution in [2.45, 2.75) is 17.7 Å². The fourth-order valence-electron chi connectivity index (χ4n) is 2.58. The highest BCUT2D eigenvalue weighted by atomic mass is 32.2. The second-order valence-electron chi connectivity index (χ2n) is 6.13. The van der Waals surface area contributed by atoms with Crippen LogP contribution in [0.1, 0.15) is 23.2 Å². The smallest absolute Gasteiger partial charge is 0.251 e. The largest absolute Gasteiger partial charge is 0.354 e. The van der Waals surface area contributed by atoms with Gasteiger partial charge in [0.15, 0.2) is 0 Å². The average Bonchev–Trinajstić information content (AvgIpc) is 3.50. The van der Waals surface area contributed by atoms with Crippen LogP contribution in [0.15, 0.2) is 53.4 Å². The number of carbonyl (C=O) groups is 2. The Morgan fingerprint density at radius 1 is 1.00 bits per heavy atom. The number of nitrogens with one attached hydrogen (secondary N) is 2. The van der Waals surface area contributed by atoms with Gasteiger partial charge in [0.1, 0.15) is 0 Å². The van der Waals surface area contributed by atoms with Crippen molar-refractivity contribution in [2.24, 2.45) is 5.92 Å². The zero-order chi connectivity index (χ0) is 17.6. The van der Waals surface area contributed by atoms with E-state index in [1.807, 2.05) is 24.5 Å². The number of hydrogen-bond donors (Lipinski definition) is 2. The van der Waals surface area contributed by atoms with Crippen LogP contribution in [0, 0.1) is 5.92 Å². The highest BCUT2D eigenvalue weighted by Gasteiger charge is 2.28. The molecule has 25 heavy (non-hydrogen) atoms. The molecule has 2 aromatic carbocycles. The Balaban J connectivity index is 1.56. The van der Waals surface area contributed by atoms with Crippen LogP contribution in [-0.4, -0.2) is 31.2 Å². The number of hydrogen-bond acceptors (Lipinski definition) is 3. The fourth-order valence-corrected chi connectivity index (χ4v) is 2.99. The average molecular weight is 354 g/mol. The maximum absolute atomic E-state index is 12.3. The normalized spacial score (nSPS) is 13.3. The number of thioether (sulfide) groups is 1. The lowest BCUT2D eigenvalue weighted by Gasteiger charge is -2.08. The molecule has 0 heterocycles. The molecule has 1 aliphatic carbocycles. The zero-order valence-corrected chi connectivity index (χ0v) is 15.1. The molecule has 2 aromatic rings. The van der Waals surface area contributed by atoms with Gasteiger partial charge in [-0.3, -0.25) is 9.59 Å². The van der Waals surface area contributed by atoms with Gasteiger partial charge in [-0.2, -0.15) is 0 Å². The van der Waals surface area contributed by atoms with Crippen LogP contribution in [0.5, 0.6) is 0 Å². The first-order valence-corrected chi connectivity index (χ1v) is 9.70. The Morgan fingerprint density at radius 2 is 1.72 bits per heavy atom. The Labute approximate surface area is 152 Å². The minimum absolute atomic E-state index is 0.102. The second kappa shape index (κ2) is 8.21. The molecular weight excluding hydrogens is 332 g/mol. The summed E-state index contributed by atoms with van der Waals surface area (Å²) in [5.74, 6) is 0.179. The van der Waals surface area contributed by atoms with Crippen molar-refractivity contribution in [1.29, 1.82) is 0 Å².